The van der Waals surface area contributed by atoms with Crippen LogP contribution in [0.4, 0.5) is 10.1 Å². The Morgan fingerprint density at radius 3 is 2.75 bits per heavy atom. The molecule has 2 aromatic rings. The van der Waals surface area contributed by atoms with Crippen molar-refractivity contribution in [1.82, 2.24) is 4.90 Å². The van der Waals surface area contributed by atoms with E-state index >= 15 is 0 Å². The predicted molar refractivity (Wildman–Crippen MR) is 91.2 cm³/mol. The van der Waals surface area contributed by atoms with Crippen molar-refractivity contribution in [2.24, 2.45) is 0 Å². The number of hydrogen-bond donors (Lipinski definition) is 1. The number of halogens is 1. The maximum absolute atomic E-state index is 13.2. The molecule has 126 valence electrons. The molecule has 24 heavy (non-hydrogen) atoms. The molecule has 2 atom stereocenters. The Labute approximate surface area is 141 Å². The van der Waals surface area contributed by atoms with Crippen molar-refractivity contribution in [3.05, 3.63) is 66.0 Å². The van der Waals surface area contributed by atoms with Gasteiger partial charge in [0.1, 0.15) is 11.9 Å². The number of ether oxygens (including phenoxy) is 1. The highest BCUT2D eigenvalue weighted by Gasteiger charge is 2.29. The van der Waals surface area contributed by atoms with Crippen molar-refractivity contribution in [1.29, 1.82) is 0 Å². The van der Waals surface area contributed by atoms with Crippen LogP contribution in [-0.2, 0) is 9.53 Å². The van der Waals surface area contributed by atoms with E-state index in [1.165, 1.54) is 12.1 Å². The quantitative estimate of drug-likeness (QED) is 0.937. The summed E-state index contributed by atoms with van der Waals surface area (Å²) in [5.74, 6) is -0.341. The topological polar surface area (TPSA) is 41.6 Å². The molecule has 1 saturated heterocycles. The molecule has 1 N–H and O–H groups in total. The maximum Gasteiger partial charge on any atom is 0.242 e. The minimum absolute atomic E-state index is 0.0182. The van der Waals surface area contributed by atoms with E-state index in [1.807, 2.05) is 37.3 Å². The van der Waals surface area contributed by atoms with Crippen LogP contribution in [0.3, 0.4) is 0 Å². The highest BCUT2D eigenvalue weighted by atomic mass is 19.1. The Kier molecular flexibility index (Phi) is 5.11. The molecule has 1 fully saturated rings. The number of nitrogens with one attached hydrogen (secondary N) is 1. The number of rotatable bonds is 4. The van der Waals surface area contributed by atoms with Gasteiger partial charge in [0.2, 0.25) is 5.91 Å². The molecule has 0 spiro atoms. The number of carbonyl (C=O) groups is 1. The van der Waals surface area contributed by atoms with E-state index in [-0.39, 0.29) is 30.5 Å². The fourth-order valence-corrected chi connectivity index (χ4v) is 2.89. The lowest BCUT2D eigenvalue weighted by atomic mass is 10.1. The number of amides is 1. The lowest BCUT2D eigenvalue weighted by Crippen LogP contribution is -2.47. The van der Waals surface area contributed by atoms with E-state index in [0.29, 0.717) is 18.8 Å². The van der Waals surface area contributed by atoms with Gasteiger partial charge in [-0.3, -0.25) is 4.79 Å². The van der Waals surface area contributed by atoms with Crippen molar-refractivity contribution in [2.75, 3.05) is 25.0 Å². The third kappa shape index (κ3) is 4.11. The van der Waals surface area contributed by atoms with Crippen molar-refractivity contribution >= 4 is 11.6 Å². The molecule has 3 rings (SSSR count). The van der Waals surface area contributed by atoms with E-state index < -0.39 is 0 Å². The van der Waals surface area contributed by atoms with Gasteiger partial charge in [-0.2, -0.15) is 0 Å². The number of benzene rings is 2. The van der Waals surface area contributed by atoms with Crippen molar-refractivity contribution < 1.29 is 13.9 Å². The number of nitrogens with zero attached hydrogens (tertiary/aromatic N) is 1. The van der Waals surface area contributed by atoms with Gasteiger partial charge in [-0.15, -0.1) is 0 Å². The SMILES string of the molecule is C[C@@H]1CN(C(=O)CNc2cccc(F)c2)C[C@@H](c2ccccc2)O1. The van der Waals surface area contributed by atoms with Gasteiger partial charge in [-0.05, 0) is 30.7 Å². The van der Waals surface area contributed by atoms with Gasteiger partial charge in [-0.25, -0.2) is 4.39 Å². The summed E-state index contributed by atoms with van der Waals surface area (Å²) in [4.78, 5) is 14.3. The average Bonchev–Trinajstić information content (AvgIpc) is 2.60. The molecular weight excluding hydrogens is 307 g/mol. The molecule has 0 radical (unpaired) electrons. The maximum atomic E-state index is 13.2. The van der Waals surface area contributed by atoms with Crippen LogP contribution in [0.25, 0.3) is 0 Å². The Hall–Kier alpha value is -2.40. The zero-order chi connectivity index (χ0) is 16.9. The fraction of sp³-hybridized carbons (Fsp3) is 0.316. The zero-order valence-electron chi connectivity index (χ0n) is 13.6. The summed E-state index contributed by atoms with van der Waals surface area (Å²) in [6.07, 6.45) is -0.143. The Balaban J connectivity index is 1.61. The first kappa shape index (κ1) is 16.5. The van der Waals surface area contributed by atoms with E-state index in [4.69, 9.17) is 4.74 Å². The van der Waals surface area contributed by atoms with Gasteiger partial charge in [0.15, 0.2) is 0 Å². The van der Waals surface area contributed by atoms with Gasteiger partial charge in [0.05, 0.1) is 19.2 Å². The molecule has 0 unspecified atom stereocenters. The highest BCUT2D eigenvalue weighted by molar-refractivity contribution is 5.81. The first-order valence-electron chi connectivity index (χ1n) is 8.09. The lowest BCUT2D eigenvalue weighted by Gasteiger charge is -2.37. The molecule has 1 amide bonds. The second kappa shape index (κ2) is 7.45. The van der Waals surface area contributed by atoms with Crippen LogP contribution in [0.1, 0.15) is 18.6 Å². The molecule has 5 heteroatoms. The van der Waals surface area contributed by atoms with E-state index in [0.717, 1.165) is 5.56 Å². The Bertz CT molecular complexity index is 693. The second-order valence-electron chi connectivity index (χ2n) is 6.01. The van der Waals surface area contributed by atoms with Crippen LogP contribution in [-0.4, -0.2) is 36.5 Å². The third-order valence-corrected chi connectivity index (χ3v) is 4.05. The first-order chi connectivity index (χ1) is 11.6. The monoisotopic (exact) mass is 328 g/mol. The third-order valence-electron chi connectivity index (χ3n) is 4.05. The predicted octanol–water partition coefficient (Wildman–Crippen LogP) is 3.23. The standard InChI is InChI=1S/C19H21FN2O2/c1-14-12-22(13-18(24-14)15-6-3-2-4-7-15)19(23)11-21-17-9-5-8-16(20)10-17/h2-10,14,18,21H,11-13H2,1H3/t14-,18+/m1/s1. The van der Waals surface area contributed by atoms with Crippen LogP contribution in [0.5, 0.6) is 0 Å². The summed E-state index contributed by atoms with van der Waals surface area (Å²) < 4.78 is 19.2. The van der Waals surface area contributed by atoms with Crippen molar-refractivity contribution in [3.8, 4) is 0 Å². The van der Waals surface area contributed by atoms with Crippen LogP contribution in [0, 0.1) is 5.82 Å². The number of hydrogen-bond acceptors (Lipinski definition) is 3. The summed E-state index contributed by atoms with van der Waals surface area (Å²) >= 11 is 0. The lowest BCUT2D eigenvalue weighted by molar-refractivity contribution is -0.143. The molecule has 2 aromatic carbocycles. The van der Waals surface area contributed by atoms with Crippen LogP contribution < -0.4 is 5.32 Å². The minimum atomic E-state index is -0.323. The highest BCUT2D eigenvalue weighted by Crippen LogP contribution is 2.25. The molecule has 0 bridgehead atoms. The minimum Gasteiger partial charge on any atom is -0.376 e. The van der Waals surface area contributed by atoms with Crippen molar-refractivity contribution in [3.63, 3.8) is 0 Å². The largest absolute Gasteiger partial charge is 0.376 e. The normalized spacial score (nSPS) is 20.7. The second-order valence-corrected chi connectivity index (χ2v) is 6.01. The van der Waals surface area contributed by atoms with Crippen LogP contribution >= 0.6 is 0 Å². The zero-order valence-corrected chi connectivity index (χ0v) is 13.6. The van der Waals surface area contributed by atoms with Crippen LogP contribution in [0.2, 0.25) is 0 Å². The molecule has 4 nitrogen and oxygen atoms in total. The van der Waals surface area contributed by atoms with Crippen molar-refractivity contribution in [2.45, 2.75) is 19.1 Å². The summed E-state index contributed by atoms with van der Waals surface area (Å²) in [6, 6.07) is 16.0. The summed E-state index contributed by atoms with van der Waals surface area (Å²) in [7, 11) is 0. The van der Waals surface area contributed by atoms with Gasteiger partial charge >= 0.3 is 0 Å². The summed E-state index contributed by atoms with van der Waals surface area (Å²) in [5, 5.41) is 2.98. The average molecular weight is 328 g/mol. The molecule has 1 aliphatic rings. The van der Waals surface area contributed by atoms with E-state index in [9.17, 15) is 9.18 Å². The first-order valence-corrected chi connectivity index (χ1v) is 8.09. The Morgan fingerprint density at radius 2 is 2.00 bits per heavy atom. The number of carbonyl (C=O) groups excluding carboxylic acids is 1. The Morgan fingerprint density at radius 1 is 1.21 bits per heavy atom. The fourth-order valence-electron chi connectivity index (χ4n) is 2.89. The smallest absolute Gasteiger partial charge is 0.242 e. The molecule has 0 aromatic heterocycles. The van der Waals surface area contributed by atoms with Gasteiger partial charge in [-0.1, -0.05) is 36.4 Å². The van der Waals surface area contributed by atoms with E-state index in [1.54, 1.807) is 17.0 Å². The van der Waals surface area contributed by atoms with Crippen LogP contribution in [0.15, 0.2) is 54.6 Å². The number of morpholine rings is 1. The molecule has 0 aliphatic carbocycles. The molecule has 1 aliphatic heterocycles. The summed E-state index contributed by atoms with van der Waals surface area (Å²) in [6.45, 7) is 3.19. The summed E-state index contributed by atoms with van der Waals surface area (Å²) in [5.41, 5.74) is 1.67. The van der Waals surface area contributed by atoms with Gasteiger partial charge in [0.25, 0.3) is 0 Å². The van der Waals surface area contributed by atoms with E-state index in [2.05, 4.69) is 5.32 Å². The number of anilines is 1. The molecular formula is C19H21FN2O2. The molecule has 1 heterocycles. The molecule has 0 saturated carbocycles. The van der Waals surface area contributed by atoms with Gasteiger partial charge < -0.3 is 15.0 Å². The van der Waals surface area contributed by atoms with Gasteiger partial charge in [0, 0.05) is 12.2 Å².